The Hall–Kier alpha value is -4.12. The van der Waals surface area contributed by atoms with Gasteiger partial charge in [-0.15, -0.1) is 11.3 Å². The van der Waals surface area contributed by atoms with Gasteiger partial charge in [-0.1, -0.05) is 6.07 Å². The van der Waals surface area contributed by atoms with Gasteiger partial charge in [-0.2, -0.15) is 5.10 Å². The van der Waals surface area contributed by atoms with Crippen LogP contribution in [0, 0.1) is 23.6 Å². The van der Waals surface area contributed by atoms with Crippen molar-refractivity contribution in [2.24, 2.45) is 17.8 Å². The van der Waals surface area contributed by atoms with Gasteiger partial charge in [0.25, 0.3) is 0 Å². The van der Waals surface area contributed by atoms with E-state index in [0.29, 0.717) is 34.0 Å². The van der Waals surface area contributed by atoms with Crippen LogP contribution in [0.2, 0.25) is 0 Å². The number of halogens is 1. The molecule has 192 valence electrons. The van der Waals surface area contributed by atoms with Crippen LogP contribution in [0.1, 0.15) is 25.7 Å². The molecule has 0 aromatic carbocycles. The van der Waals surface area contributed by atoms with Gasteiger partial charge in [0.15, 0.2) is 17.2 Å². The third-order valence-electron chi connectivity index (χ3n) is 7.76. The quantitative estimate of drug-likeness (QED) is 0.250. The maximum Gasteiger partial charge on any atom is 0.308 e. The Morgan fingerprint density at radius 1 is 1.11 bits per heavy atom. The number of rotatable bonds is 6. The number of nitrogens with zero attached hydrogens (tertiary/aromatic N) is 4. The summed E-state index contributed by atoms with van der Waals surface area (Å²) >= 11 is 1.57. The van der Waals surface area contributed by atoms with Gasteiger partial charge in [0.2, 0.25) is 0 Å². The molecule has 0 saturated heterocycles. The first kappa shape index (κ1) is 23.0. The maximum absolute atomic E-state index is 14.1. The largest absolute Gasteiger partial charge is 0.481 e. The van der Waals surface area contributed by atoms with Crippen molar-refractivity contribution in [2.45, 2.75) is 31.7 Å². The fourth-order valence-electron chi connectivity index (χ4n) is 6.01. The lowest BCUT2D eigenvalue weighted by atomic mass is 9.61. The van der Waals surface area contributed by atoms with E-state index in [2.05, 4.69) is 20.5 Å². The first-order valence-corrected chi connectivity index (χ1v) is 13.4. The Morgan fingerprint density at radius 3 is 2.71 bits per heavy atom. The van der Waals surface area contributed by atoms with Crippen LogP contribution in [0.3, 0.4) is 0 Å². The number of nitrogens with one attached hydrogen (secondary N) is 2. The van der Waals surface area contributed by atoms with Gasteiger partial charge < -0.3 is 14.8 Å². The summed E-state index contributed by atoms with van der Waals surface area (Å²) in [6, 6.07) is 10.5. The number of carbonyl (C=O) groups is 1. The molecular formula is C27H23FN6O3S. The predicted molar refractivity (Wildman–Crippen MR) is 140 cm³/mol. The summed E-state index contributed by atoms with van der Waals surface area (Å²) < 4.78 is 20.2. The van der Waals surface area contributed by atoms with Crippen LogP contribution in [0.25, 0.3) is 44.6 Å². The molecule has 3 fully saturated rings. The van der Waals surface area contributed by atoms with Gasteiger partial charge in [-0.25, -0.2) is 19.3 Å². The van der Waals surface area contributed by atoms with E-state index in [9.17, 15) is 14.3 Å². The Morgan fingerprint density at radius 2 is 1.92 bits per heavy atom. The minimum absolute atomic E-state index is 0.151. The molecule has 5 aromatic rings. The van der Waals surface area contributed by atoms with Crippen molar-refractivity contribution >= 4 is 34.2 Å². The molecule has 38 heavy (non-hydrogen) atoms. The minimum atomic E-state index is -0.780. The number of pyridine rings is 1. The zero-order valence-electron chi connectivity index (χ0n) is 20.1. The van der Waals surface area contributed by atoms with Gasteiger partial charge in [0, 0.05) is 12.1 Å². The van der Waals surface area contributed by atoms with E-state index in [-0.39, 0.29) is 23.7 Å². The van der Waals surface area contributed by atoms with Crippen LogP contribution in [0.4, 0.5) is 10.2 Å². The summed E-state index contributed by atoms with van der Waals surface area (Å²) in [6.07, 6.45) is 4.99. The first-order chi connectivity index (χ1) is 18.5. The fraction of sp³-hybridized carbons (Fsp3) is 0.296. The molecule has 0 aliphatic heterocycles. The van der Waals surface area contributed by atoms with Gasteiger partial charge in [-0.05, 0) is 67.2 Å². The number of hydrogen-bond donors (Lipinski definition) is 3. The molecule has 0 radical (unpaired) electrons. The number of aliphatic carboxylic acids is 1. The summed E-state index contributed by atoms with van der Waals surface area (Å²) in [5.41, 5.74) is 1.27. The molecule has 5 heterocycles. The molecule has 5 aromatic heterocycles. The average molecular weight is 531 g/mol. The van der Waals surface area contributed by atoms with Crippen LogP contribution in [0.5, 0.6) is 0 Å². The second-order valence-electron chi connectivity index (χ2n) is 9.93. The number of aromatic amines is 1. The van der Waals surface area contributed by atoms with E-state index < -0.39 is 17.7 Å². The lowest BCUT2D eigenvalue weighted by Gasteiger charge is -2.47. The van der Waals surface area contributed by atoms with Gasteiger partial charge in [-0.3, -0.25) is 9.89 Å². The third-order valence-corrected chi connectivity index (χ3v) is 8.65. The van der Waals surface area contributed by atoms with Gasteiger partial charge in [0.05, 0.1) is 22.4 Å². The minimum Gasteiger partial charge on any atom is -0.481 e. The Balaban J connectivity index is 1.33. The molecule has 3 saturated carbocycles. The fourth-order valence-corrected chi connectivity index (χ4v) is 6.70. The summed E-state index contributed by atoms with van der Waals surface area (Å²) in [5.74, 6) is 0.625. The Labute approximate surface area is 220 Å². The third kappa shape index (κ3) is 3.94. The summed E-state index contributed by atoms with van der Waals surface area (Å²) in [6.45, 7) is 0. The highest BCUT2D eigenvalue weighted by atomic mass is 32.1. The van der Waals surface area contributed by atoms with Crippen molar-refractivity contribution in [3.8, 4) is 33.6 Å². The second kappa shape index (κ2) is 9.02. The Bertz CT molecular complexity index is 1640. The number of carboxylic acids is 1. The molecule has 0 amide bonds. The molecule has 2 unspecified atom stereocenters. The van der Waals surface area contributed by atoms with E-state index >= 15 is 0 Å². The SMILES string of the molecule is O=C(O)C1C2CCC(CC2)C1Nc1cc(-c2ccc(-c3cccs3)o2)nc(-c2n[nH]c3ncc(F)cc23)n1. The van der Waals surface area contributed by atoms with Crippen LogP contribution >= 0.6 is 11.3 Å². The summed E-state index contributed by atoms with van der Waals surface area (Å²) in [7, 11) is 0. The number of aromatic nitrogens is 5. The summed E-state index contributed by atoms with van der Waals surface area (Å²) in [4.78, 5) is 26.7. The van der Waals surface area contributed by atoms with Crippen molar-refractivity contribution in [1.82, 2.24) is 25.1 Å². The highest BCUT2D eigenvalue weighted by molar-refractivity contribution is 7.13. The molecule has 3 aliphatic carbocycles. The van der Waals surface area contributed by atoms with Crippen LogP contribution < -0.4 is 5.32 Å². The number of carboxylic acid groups (broad SMARTS) is 1. The maximum atomic E-state index is 14.1. The number of furan rings is 1. The van der Waals surface area contributed by atoms with Gasteiger partial charge >= 0.3 is 5.97 Å². The van der Waals surface area contributed by atoms with E-state index in [1.165, 1.54) is 6.07 Å². The van der Waals surface area contributed by atoms with Crippen molar-refractivity contribution in [2.75, 3.05) is 5.32 Å². The molecule has 2 atom stereocenters. The number of fused-ring (bicyclic) bond motifs is 4. The normalized spacial score (nSPS) is 22.7. The van der Waals surface area contributed by atoms with Gasteiger partial charge in [0.1, 0.15) is 28.8 Å². The van der Waals surface area contributed by atoms with Crippen LogP contribution in [-0.2, 0) is 4.79 Å². The molecule has 3 N–H and O–H groups in total. The molecule has 2 bridgehead atoms. The first-order valence-electron chi connectivity index (χ1n) is 12.6. The van der Waals surface area contributed by atoms with Crippen molar-refractivity contribution < 1.29 is 18.7 Å². The lowest BCUT2D eigenvalue weighted by Crippen LogP contribution is -2.51. The molecule has 3 aliphatic rings. The highest BCUT2D eigenvalue weighted by Gasteiger charge is 2.47. The molecule has 8 rings (SSSR count). The number of thiophene rings is 1. The smallest absolute Gasteiger partial charge is 0.308 e. The molecular weight excluding hydrogens is 507 g/mol. The van der Waals surface area contributed by atoms with E-state index in [0.717, 1.165) is 42.5 Å². The van der Waals surface area contributed by atoms with Crippen molar-refractivity contribution in [3.05, 3.63) is 53.8 Å². The Kier molecular flexibility index (Phi) is 5.46. The van der Waals surface area contributed by atoms with Crippen molar-refractivity contribution in [3.63, 3.8) is 0 Å². The van der Waals surface area contributed by atoms with E-state index in [1.807, 2.05) is 29.6 Å². The lowest BCUT2D eigenvalue weighted by molar-refractivity contribution is -0.148. The number of H-pyrrole nitrogens is 1. The van der Waals surface area contributed by atoms with E-state index in [4.69, 9.17) is 14.4 Å². The van der Waals surface area contributed by atoms with Crippen LogP contribution in [-0.4, -0.2) is 42.3 Å². The second-order valence-corrected chi connectivity index (χ2v) is 10.9. The molecule has 11 heteroatoms. The van der Waals surface area contributed by atoms with E-state index in [1.54, 1.807) is 17.4 Å². The molecule has 9 nitrogen and oxygen atoms in total. The monoisotopic (exact) mass is 530 g/mol. The van der Waals surface area contributed by atoms with Crippen molar-refractivity contribution in [1.29, 1.82) is 0 Å². The predicted octanol–water partition coefficient (Wildman–Crippen LogP) is 5.84. The molecule has 0 spiro atoms. The summed E-state index contributed by atoms with van der Waals surface area (Å²) in [5, 5.41) is 23.1. The number of hydrogen-bond acceptors (Lipinski definition) is 8. The standard InChI is InChI=1S/C27H23FN6O3S/c28-15-10-16-24(33-34-25(16)29-12-15)26-30-17(18-7-8-19(37-18)20-2-1-9-38-20)11-21(32-26)31-23-14-5-3-13(4-6-14)22(23)27(35)36/h1-2,7-14,22-23H,3-6H2,(H,35,36)(H,29,33,34)(H,30,31,32). The number of anilines is 1. The van der Waals surface area contributed by atoms with Crippen LogP contribution in [0.15, 0.2) is 52.4 Å². The average Bonchev–Trinajstić information content (AvgIpc) is 3.69. The zero-order valence-corrected chi connectivity index (χ0v) is 20.9. The zero-order chi connectivity index (χ0) is 25.8. The highest BCUT2D eigenvalue weighted by Crippen LogP contribution is 2.46. The topological polar surface area (TPSA) is 130 Å².